The van der Waals surface area contributed by atoms with E-state index in [1.807, 2.05) is 42.5 Å². The highest BCUT2D eigenvalue weighted by Crippen LogP contribution is 2.45. The van der Waals surface area contributed by atoms with Gasteiger partial charge in [0.1, 0.15) is 16.7 Å². The third-order valence-corrected chi connectivity index (χ3v) is 11.6. The van der Waals surface area contributed by atoms with Crippen molar-refractivity contribution in [2.75, 3.05) is 20.3 Å². The van der Waals surface area contributed by atoms with Gasteiger partial charge in [0, 0.05) is 73.2 Å². The van der Waals surface area contributed by atoms with E-state index in [1.165, 1.54) is 12.4 Å². The van der Waals surface area contributed by atoms with E-state index in [1.54, 1.807) is 19.3 Å². The molecule has 2 atom stereocenters. The first-order valence-electron chi connectivity index (χ1n) is 19.5. The second-order valence-corrected chi connectivity index (χ2v) is 15.9. The Labute approximate surface area is 358 Å². The molecule has 1 saturated heterocycles. The molecule has 2 aromatic carbocycles. The topological polar surface area (TPSA) is 156 Å². The zero-order chi connectivity index (χ0) is 41.5. The van der Waals surface area contributed by atoms with Gasteiger partial charge >= 0.3 is 5.97 Å². The molecule has 15 heteroatoms. The molecule has 0 unspecified atom stereocenters. The monoisotopic (exact) mass is 858 g/mol. The summed E-state index contributed by atoms with van der Waals surface area (Å²) in [6, 6.07) is 17.8. The quantitative estimate of drug-likeness (QED) is 0.0534. The van der Waals surface area contributed by atoms with Crippen LogP contribution in [0.15, 0.2) is 83.5 Å². The Morgan fingerprint density at radius 3 is 2.56 bits per heavy atom. The molecule has 308 valence electrons. The van der Waals surface area contributed by atoms with Crippen LogP contribution in [0.3, 0.4) is 0 Å². The molecule has 0 bridgehead atoms. The van der Waals surface area contributed by atoms with Crippen molar-refractivity contribution in [3.63, 3.8) is 0 Å². The molecule has 1 amide bonds. The van der Waals surface area contributed by atoms with Crippen molar-refractivity contribution in [2.45, 2.75) is 75.7 Å². The van der Waals surface area contributed by atoms with Gasteiger partial charge in [0.25, 0.3) is 0 Å². The van der Waals surface area contributed by atoms with Crippen LogP contribution in [0, 0.1) is 0 Å². The first-order valence-corrected chi connectivity index (χ1v) is 20.6. The number of carboxylic acids is 1. The summed E-state index contributed by atoms with van der Waals surface area (Å²) in [5, 5.41) is 20.5. The number of ether oxygens (including phenoxy) is 3. The molecule has 4 N–H and O–H groups in total. The van der Waals surface area contributed by atoms with Crippen molar-refractivity contribution in [3.05, 3.63) is 111 Å². The van der Waals surface area contributed by atoms with Crippen molar-refractivity contribution in [2.24, 2.45) is 4.99 Å². The number of rotatable bonds is 19. The standard InChI is InChI=1S/C44H45Cl3N6O6/c1-3-48-24-28(45)7-6-20-58-41-27(23-50-44(18-19-44)43(55)56)21-35(46)42(53-41)59-37-16-14-31-30(8-4-9-32(31)37)33-10-5-11-34(39(33)47)36-15-12-26(40(52-36)57-2)22-49-25-29-13-17-38(54)51-29/h3-5,7-12,15,21,24,29,37,49-50H,1,6,13-14,16-20,22-23,25H2,2H3,(H,51,54)(H,55,56)/b28-7+,48-24-/t29-,37-/m0/s1. The third-order valence-electron chi connectivity index (χ3n) is 10.7. The molecule has 59 heavy (non-hydrogen) atoms. The largest absolute Gasteiger partial charge is 0.481 e. The number of hydrogen-bond donors (Lipinski definition) is 4. The molecule has 12 nitrogen and oxygen atoms in total. The van der Waals surface area contributed by atoms with Crippen molar-refractivity contribution in [3.8, 4) is 40.0 Å². The molecule has 2 aromatic heterocycles. The van der Waals surface area contributed by atoms with Gasteiger partial charge in [-0.15, -0.1) is 0 Å². The number of nitrogens with zero attached hydrogens (tertiary/aromatic N) is 3. The normalized spacial score (nSPS) is 18.1. The number of carbonyl (C=O) groups excluding carboxylic acids is 1. The summed E-state index contributed by atoms with van der Waals surface area (Å²) >= 11 is 20.2. The fraction of sp³-hybridized carbons (Fsp3) is 0.341. The molecule has 7 rings (SSSR count). The number of carboxylic acid groups (broad SMARTS) is 1. The van der Waals surface area contributed by atoms with Crippen molar-refractivity contribution in [1.29, 1.82) is 0 Å². The lowest BCUT2D eigenvalue weighted by Gasteiger charge is -2.19. The lowest BCUT2D eigenvalue weighted by Crippen LogP contribution is -2.38. The number of aromatic nitrogens is 2. The van der Waals surface area contributed by atoms with Gasteiger partial charge in [0.2, 0.25) is 23.5 Å². The second kappa shape index (κ2) is 18.9. The van der Waals surface area contributed by atoms with E-state index in [0.29, 0.717) is 72.4 Å². The number of nitrogens with one attached hydrogen (secondary N) is 3. The summed E-state index contributed by atoms with van der Waals surface area (Å²) in [4.78, 5) is 36.9. The number of allylic oxidation sites excluding steroid dienone is 1. The van der Waals surface area contributed by atoms with E-state index in [-0.39, 0.29) is 48.0 Å². The molecule has 0 spiro atoms. The minimum absolute atomic E-state index is 0.0905. The van der Waals surface area contributed by atoms with Gasteiger partial charge in [-0.1, -0.05) is 89.9 Å². The SMILES string of the molecule is C=C/N=C\C(Cl)=C/CCOc1nc(O[C@H]2CCc3c(-c4cccc(-c5ccc(CNC[C@@H]6CCC(=O)N6)c(OC)n5)c4Cl)cccc32)c(Cl)cc1CNC1(C(=O)O)CC1. The predicted molar refractivity (Wildman–Crippen MR) is 230 cm³/mol. The van der Waals surface area contributed by atoms with Crippen molar-refractivity contribution >= 4 is 52.9 Å². The first-order chi connectivity index (χ1) is 28.6. The van der Waals surface area contributed by atoms with Crippen LogP contribution >= 0.6 is 34.8 Å². The molecule has 1 saturated carbocycles. The van der Waals surface area contributed by atoms with Crippen LogP contribution in [-0.4, -0.2) is 65.0 Å². The van der Waals surface area contributed by atoms with E-state index < -0.39 is 11.5 Å². The van der Waals surface area contributed by atoms with Crippen LogP contribution in [-0.2, 0) is 29.1 Å². The third kappa shape index (κ3) is 9.91. The Bertz CT molecular complexity index is 2300. The minimum atomic E-state index is -0.962. The first kappa shape index (κ1) is 42.2. The Morgan fingerprint density at radius 2 is 1.81 bits per heavy atom. The van der Waals surface area contributed by atoms with Crippen LogP contribution in [0.2, 0.25) is 10.0 Å². The van der Waals surface area contributed by atoms with Crippen LogP contribution < -0.4 is 30.2 Å². The van der Waals surface area contributed by atoms with E-state index in [4.69, 9.17) is 59.0 Å². The lowest BCUT2D eigenvalue weighted by molar-refractivity contribution is -0.140. The summed E-state index contributed by atoms with van der Waals surface area (Å²) in [5.41, 5.74) is 5.98. The molecular weight excluding hydrogens is 815 g/mol. The smallest absolute Gasteiger partial charge is 0.323 e. The van der Waals surface area contributed by atoms with Crippen molar-refractivity contribution in [1.82, 2.24) is 25.9 Å². The van der Waals surface area contributed by atoms with Gasteiger partial charge in [-0.2, -0.15) is 4.98 Å². The maximum atomic E-state index is 11.9. The second-order valence-electron chi connectivity index (χ2n) is 14.7. The molecule has 3 heterocycles. The highest BCUT2D eigenvalue weighted by molar-refractivity contribution is 6.39. The maximum absolute atomic E-state index is 11.9. The van der Waals surface area contributed by atoms with Crippen LogP contribution in [0.5, 0.6) is 17.6 Å². The average Bonchev–Trinajstić information content (AvgIpc) is 3.76. The van der Waals surface area contributed by atoms with E-state index in [2.05, 4.69) is 33.6 Å². The summed E-state index contributed by atoms with van der Waals surface area (Å²) in [7, 11) is 1.60. The highest BCUT2D eigenvalue weighted by atomic mass is 35.5. The number of aliphatic imine (C=N–C) groups is 1. The summed E-state index contributed by atoms with van der Waals surface area (Å²) in [6.45, 7) is 5.19. The van der Waals surface area contributed by atoms with Gasteiger partial charge in [-0.05, 0) is 60.9 Å². The Morgan fingerprint density at radius 1 is 1.02 bits per heavy atom. The van der Waals surface area contributed by atoms with Gasteiger partial charge in [-0.3, -0.25) is 19.9 Å². The molecule has 4 aromatic rings. The number of pyridine rings is 2. The fourth-order valence-electron chi connectivity index (χ4n) is 7.42. The predicted octanol–water partition coefficient (Wildman–Crippen LogP) is 8.37. The van der Waals surface area contributed by atoms with E-state index in [9.17, 15) is 14.7 Å². The number of fused-ring (bicyclic) bond motifs is 1. The Balaban J connectivity index is 1.09. The summed E-state index contributed by atoms with van der Waals surface area (Å²) in [6.07, 6.45) is 8.64. The van der Waals surface area contributed by atoms with E-state index >= 15 is 0 Å². The Hall–Kier alpha value is -4.98. The number of halogens is 3. The maximum Gasteiger partial charge on any atom is 0.323 e. The summed E-state index contributed by atoms with van der Waals surface area (Å²) < 4.78 is 18.4. The van der Waals surface area contributed by atoms with Crippen LogP contribution in [0.1, 0.15) is 66.9 Å². The molecule has 0 radical (unpaired) electrons. The van der Waals surface area contributed by atoms with Gasteiger partial charge in [-0.25, -0.2) is 4.98 Å². The zero-order valence-electron chi connectivity index (χ0n) is 32.5. The van der Waals surface area contributed by atoms with Gasteiger partial charge < -0.3 is 30.0 Å². The zero-order valence-corrected chi connectivity index (χ0v) is 34.8. The lowest BCUT2D eigenvalue weighted by atomic mass is 9.94. The number of aliphatic carboxylic acids is 1. The Kier molecular flexibility index (Phi) is 13.5. The number of benzene rings is 2. The molecule has 2 fully saturated rings. The molecule has 3 aliphatic rings. The number of methoxy groups -OCH3 is 1. The molecular formula is C44H45Cl3N6O6. The number of amides is 1. The van der Waals surface area contributed by atoms with Gasteiger partial charge in [0.05, 0.1) is 29.5 Å². The summed E-state index contributed by atoms with van der Waals surface area (Å²) in [5.74, 6) is 0.194. The highest BCUT2D eigenvalue weighted by Gasteiger charge is 2.50. The number of carbonyl (C=O) groups is 2. The minimum Gasteiger partial charge on any atom is -0.481 e. The van der Waals surface area contributed by atoms with E-state index in [0.717, 1.165) is 46.2 Å². The average molecular weight is 860 g/mol. The van der Waals surface area contributed by atoms with Crippen LogP contribution in [0.25, 0.3) is 22.4 Å². The molecule has 1 aliphatic heterocycles. The van der Waals surface area contributed by atoms with Gasteiger partial charge in [0.15, 0.2) is 0 Å². The fourth-order valence-corrected chi connectivity index (χ4v) is 8.13. The van der Waals surface area contributed by atoms with Crippen LogP contribution in [0.4, 0.5) is 0 Å². The van der Waals surface area contributed by atoms with Crippen molar-refractivity contribution < 1.29 is 28.9 Å². The number of hydrogen-bond acceptors (Lipinski definition) is 10. The molecule has 2 aliphatic carbocycles.